The molecule has 7 nitrogen and oxygen atoms in total. The molecule has 1 atom stereocenters. The summed E-state index contributed by atoms with van der Waals surface area (Å²) in [4.78, 5) is 14.9. The largest absolute Gasteiger partial charge is 0.379 e. The fourth-order valence-electron chi connectivity index (χ4n) is 4.04. The van der Waals surface area contributed by atoms with E-state index < -0.39 is 0 Å². The Kier molecular flexibility index (Phi) is 8.15. The molecule has 0 radical (unpaired) electrons. The third kappa shape index (κ3) is 6.12. The Morgan fingerprint density at radius 1 is 1.29 bits per heavy atom. The van der Waals surface area contributed by atoms with Gasteiger partial charge in [-0.3, -0.25) is 14.4 Å². The molecule has 1 aliphatic heterocycles. The number of nitrogens with one attached hydrogen (secondary N) is 1. The van der Waals surface area contributed by atoms with E-state index in [1.165, 1.54) is 12.1 Å². The fraction of sp³-hybridized carbons (Fsp3) is 0.522. The smallest absolute Gasteiger partial charge is 0.220 e. The van der Waals surface area contributed by atoms with Gasteiger partial charge in [-0.15, -0.1) is 0 Å². The van der Waals surface area contributed by atoms with E-state index in [1.807, 2.05) is 18.5 Å². The van der Waals surface area contributed by atoms with E-state index in [-0.39, 0.29) is 17.8 Å². The van der Waals surface area contributed by atoms with E-state index in [0.29, 0.717) is 45.6 Å². The maximum absolute atomic E-state index is 13.4. The number of hydrogen-bond acceptors (Lipinski definition) is 5. The van der Waals surface area contributed by atoms with Crippen molar-refractivity contribution >= 4 is 5.91 Å². The van der Waals surface area contributed by atoms with Gasteiger partial charge in [0.05, 0.1) is 44.0 Å². The van der Waals surface area contributed by atoms with Gasteiger partial charge in [0, 0.05) is 31.7 Å². The maximum atomic E-state index is 13.4. The van der Waals surface area contributed by atoms with Crippen LogP contribution in [-0.4, -0.2) is 53.4 Å². The molecule has 1 saturated heterocycles. The molecule has 8 heteroatoms. The van der Waals surface area contributed by atoms with Crippen molar-refractivity contribution in [2.45, 2.75) is 45.7 Å². The third-order valence-corrected chi connectivity index (χ3v) is 5.80. The highest BCUT2D eigenvalue weighted by Gasteiger charge is 2.23. The highest BCUT2D eigenvalue weighted by Crippen LogP contribution is 2.22. The Hall–Kier alpha value is -2.76. The molecule has 1 aliphatic rings. The van der Waals surface area contributed by atoms with Gasteiger partial charge in [0.1, 0.15) is 5.82 Å². The van der Waals surface area contributed by atoms with Crippen LogP contribution in [0, 0.1) is 31.0 Å². The Morgan fingerprint density at radius 2 is 2.00 bits per heavy atom. The third-order valence-electron chi connectivity index (χ3n) is 5.80. The van der Waals surface area contributed by atoms with Gasteiger partial charge in [-0.05, 0) is 43.5 Å². The van der Waals surface area contributed by atoms with Gasteiger partial charge < -0.3 is 10.1 Å². The Labute approximate surface area is 182 Å². The summed E-state index contributed by atoms with van der Waals surface area (Å²) in [6, 6.07) is 8.59. The lowest BCUT2D eigenvalue weighted by Crippen LogP contribution is -2.43. The number of hydrogen-bond donors (Lipinski definition) is 1. The molecule has 1 aromatic carbocycles. The summed E-state index contributed by atoms with van der Waals surface area (Å²) in [5.41, 5.74) is 3.96. The zero-order valence-electron chi connectivity index (χ0n) is 18.2. The van der Waals surface area contributed by atoms with Crippen LogP contribution in [0.1, 0.15) is 41.4 Å². The van der Waals surface area contributed by atoms with Crippen molar-refractivity contribution in [1.82, 2.24) is 20.0 Å². The number of benzene rings is 1. The molecule has 1 N–H and O–H groups in total. The summed E-state index contributed by atoms with van der Waals surface area (Å²) in [6.45, 7) is 7.80. The van der Waals surface area contributed by atoms with E-state index in [4.69, 9.17) is 10.00 Å². The van der Waals surface area contributed by atoms with E-state index in [1.54, 1.807) is 12.1 Å². The van der Waals surface area contributed by atoms with Crippen LogP contribution < -0.4 is 5.32 Å². The topological polar surface area (TPSA) is 83.2 Å². The van der Waals surface area contributed by atoms with Crippen LogP contribution in [0.15, 0.2) is 24.3 Å². The van der Waals surface area contributed by atoms with Gasteiger partial charge in [0.15, 0.2) is 0 Å². The van der Waals surface area contributed by atoms with E-state index in [0.717, 1.165) is 35.6 Å². The van der Waals surface area contributed by atoms with Crippen LogP contribution in [0.5, 0.6) is 0 Å². The molecule has 2 heterocycles. The summed E-state index contributed by atoms with van der Waals surface area (Å²) >= 11 is 0. The molecule has 2 aromatic rings. The standard InChI is InChI=1S/C23H30FN5O2/c1-17-21(18(2)29(27-17)11-3-10-25)8-9-23(30)26-16-22(28-12-14-31-15-13-28)19-4-6-20(24)7-5-19/h4-7,22H,3,8-9,11-16H2,1-2H3,(H,26,30). The number of aromatic nitrogens is 2. The first-order valence-electron chi connectivity index (χ1n) is 10.7. The normalized spacial score (nSPS) is 15.4. The zero-order valence-corrected chi connectivity index (χ0v) is 18.2. The average Bonchev–Trinajstić information content (AvgIpc) is 3.05. The first kappa shape index (κ1) is 22.9. The van der Waals surface area contributed by atoms with Gasteiger partial charge in [0.25, 0.3) is 0 Å². The number of morpholine rings is 1. The van der Waals surface area contributed by atoms with Gasteiger partial charge in [-0.25, -0.2) is 4.39 Å². The number of aryl methyl sites for hydroxylation is 2. The Balaban J connectivity index is 1.59. The molecule has 31 heavy (non-hydrogen) atoms. The molecule has 1 fully saturated rings. The first-order chi connectivity index (χ1) is 15.0. The Bertz CT molecular complexity index is 913. The minimum atomic E-state index is -0.269. The minimum absolute atomic E-state index is 0.0225. The van der Waals surface area contributed by atoms with Crippen LogP contribution in [-0.2, 0) is 22.5 Å². The lowest BCUT2D eigenvalue weighted by molar-refractivity contribution is -0.121. The number of rotatable bonds is 9. The van der Waals surface area contributed by atoms with Crippen LogP contribution in [0.3, 0.4) is 0 Å². The second kappa shape index (κ2) is 11.0. The lowest BCUT2D eigenvalue weighted by atomic mass is 10.0. The lowest BCUT2D eigenvalue weighted by Gasteiger charge is -2.35. The number of halogens is 1. The van der Waals surface area contributed by atoms with Crippen molar-refractivity contribution in [2.75, 3.05) is 32.8 Å². The number of nitriles is 1. The highest BCUT2D eigenvalue weighted by molar-refractivity contribution is 5.76. The summed E-state index contributed by atoms with van der Waals surface area (Å²) in [5.74, 6) is -0.293. The number of amides is 1. The molecule has 3 rings (SSSR count). The van der Waals surface area contributed by atoms with E-state index in [9.17, 15) is 9.18 Å². The van der Waals surface area contributed by atoms with Crippen molar-refractivity contribution in [1.29, 1.82) is 5.26 Å². The van der Waals surface area contributed by atoms with E-state index in [2.05, 4.69) is 21.4 Å². The second-order valence-electron chi connectivity index (χ2n) is 7.80. The molecule has 1 amide bonds. The Morgan fingerprint density at radius 3 is 2.68 bits per heavy atom. The summed E-state index contributed by atoms with van der Waals surface area (Å²) in [5, 5.41) is 16.3. The number of ether oxygens (including phenoxy) is 1. The van der Waals surface area contributed by atoms with Crippen molar-refractivity contribution in [3.8, 4) is 6.07 Å². The van der Waals surface area contributed by atoms with Crippen LogP contribution in [0.2, 0.25) is 0 Å². The molecule has 166 valence electrons. The van der Waals surface area contributed by atoms with E-state index >= 15 is 0 Å². The molecule has 0 spiro atoms. The predicted molar refractivity (Wildman–Crippen MR) is 115 cm³/mol. The van der Waals surface area contributed by atoms with Gasteiger partial charge >= 0.3 is 0 Å². The molecule has 0 aliphatic carbocycles. The molecule has 1 aromatic heterocycles. The summed E-state index contributed by atoms with van der Waals surface area (Å²) in [7, 11) is 0. The van der Waals surface area contributed by atoms with Gasteiger partial charge in [0.2, 0.25) is 5.91 Å². The molecular weight excluding hydrogens is 397 g/mol. The minimum Gasteiger partial charge on any atom is -0.379 e. The fourth-order valence-corrected chi connectivity index (χ4v) is 4.04. The van der Waals surface area contributed by atoms with Crippen LogP contribution >= 0.6 is 0 Å². The summed E-state index contributed by atoms with van der Waals surface area (Å²) in [6.07, 6.45) is 1.38. The maximum Gasteiger partial charge on any atom is 0.220 e. The first-order valence-corrected chi connectivity index (χ1v) is 10.7. The SMILES string of the molecule is Cc1nn(CCC#N)c(C)c1CCC(=O)NCC(c1ccc(F)cc1)N1CCOCC1. The van der Waals surface area contributed by atoms with Crippen molar-refractivity contribution in [3.05, 3.63) is 52.6 Å². The molecule has 0 saturated carbocycles. The quantitative estimate of drug-likeness (QED) is 0.665. The van der Waals surface area contributed by atoms with Gasteiger partial charge in [-0.1, -0.05) is 12.1 Å². The second-order valence-corrected chi connectivity index (χ2v) is 7.80. The van der Waals surface area contributed by atoms with Gasteiger partial charge in [-0.2, -0.15) is 10.4 Å². The average molecular weight is 428 g/mol. The van der Waals surface area contributed by atoms with Crippen molar-refractivity contribution in [2.24, 2.45) is 0 Å². The zero-order chi connectivity index (χ0) is 22.2. The highest BCUT2D eigenvalue weighted by atomic mass is 19.1. The molecular formula is C23H30FN5O2. The van der Waals surface area contributed by atoms with Crippen molar-refractivity contribution in [3.63, 3.8) is 0 Å². The van der Waals surface area contributed by atoms with Crippen molar-refractivity contribution < 1.29 is 13.9 Å². The number of nitrogens with zero attached hydrogens (tertiary/aromatic N) is 4. The van der Waals surface area contributed by atoms with Crippen LogP contribution in [0.4, 0.5) is 4.39 Å². The molecule has 0 bridgehead atoms. The summed E-state index contributed by atoms with van der Waals surface area (Å²) < 4.78 is 20.7. The number of carbonyl (C=O) groups excluding carboxylic acids is 1. The van der Waals surface area contributed by atoms with Crippen LogP contribution in [0.25, 0.3) is 0 Å². The monoisotopic (exact) mass is 427 g/mol. The predicted octanol–water partition coefficient (Wildman–Crippen LogP) is 2.68. The number of carbonyl (C=O) groups is 1. The molecule has 1 unspecified atom stereocenters.